The van der Waals surface area contributed by atoms with Gasteiger partial charge in [0.15, 0.2) is 0 Å². The molecule has 0 bridgehead atoms. The first-order valence-electron chi connectivity index (χ1n) is 9.18. The maximum absolute atomic E-state index is 14.7. The van der Waals surface area contributed by atoms with E-state index in [0.717, 1.165) is 0 Å². The number of allylic oxidation sites excluding steroid dienone is 2. The Morgan fingerprint density at radius 2 is 1.22 bits per heavy atom. The van der Waals surface area contributed by atoms with Crippen LogP contribution in [0.15, 0.2) is 60.7 Å². The van der Waals surface area contributed by atoms with E-state index >= 15 is 0 Å². The first kappa shape index (κ1) is 25.2. The van der Waals surface area contributed by atoms with Crippen LogP contribution in [-0.2, 0) is 14.0 Å². The van der Waals surface area contributed by atoms with Crippen molar-refractivity contribution in [1.82, 2.24) is 0 Å². The molecule has 10 heteroatoms. The van der Waals surface area contributed by atoms with Gasteiger partial charge in [0.25, 0.3) is 0 Å². The molecule has 1 aliphatic carbocycles. The summed E-state index contributed by atoms with van der Waals surface area (Å²) in [5, 5.41) is -0.235. The molecule has 2 aromatic rings. The third-order valence-electron chi connectivity index (χ3n) is 5.13. The SMILES string of the molecule is COC1(OC)C=CC=CC1P(=O)(C(=O)c1c(Cl)cccc1Cl)C(=O)c1c(Cl)cccc1Cl. The Morgan fingerprint density at radius 1 is 0.812 bits per heavy atom. The Bertz CT molecular complexity index is 1080. The Hall–Kier alpha value is -1.43. The molecule has 0 fully saturated rings. The Labute approximate surface area is 205 Å². The van der Waals surface area contributed by atoms with Crippen molar-refractivity contribution in [3.63, 3.8) is 0 Å². The maximum atomic E-state index is 14.7. The van der Waals surface area contributed by atoms with E-state index in [0.29, 0.717) is 0 Å². The van der Waals surface area contributed by atoms with Crippen molar-refractivity contribution in [2.45, 2.75) is 11.4 Å². The van der Waals surface area contributed by atoms with E-state index in [9.17, 15) is 14.2 Å². The summed E-state index contributed by atoms with van der Waals surface area (Å²) in [5.74, 6) is -1.68. The lowest BCUT2D eigenvalue weighted by Crippen LogP contribution is -2.46. The van der Waals surface area contributed by atoms with Gasteiger partial charge in [0.1, 0.15) is 5.66 Å². The molecular formula is C22H17Cl4O5P. The molecule has 5 nitrogen and oxygen atoms in total. The van der Waals surface area contributed by atoms with E-state index in [2.05, 4.69) is 0 Å². The van der Waals surface area contributed by atoms with Crippen LogP contribution in [-0.4, -0.2) is 36.7 Å². The second-order valence-corrected chi connectivity index (χ2v) is 11.1. The van der Waals surface area contributed by atoms with Gasteiger partial charge in [-0.25, -0.2) is 0 Å². The van der Waals surface area contributed by atoms with E-state index in [4.69, 9.17) is 55.9 Å². The highest BCUT2D eigenvalue weighted by molar-refractivity contribution is 7.96. The number of halogens is 4. The normalized spacial score (nSPS) is 17.4. The number of carbonyl (C=O) groups excluding carboxylic acids is 2. The second-order valence-electron chi connectivity index (χ2n) is 6.78. The minimum Gasteiger partial charge on any atom is -0.349 e. The van der Waals surface area contributed by atoms with Crippen molar-refractivity contribution in [2.24, 2.45) is 0 Å². The highest BCUT2D eigenvalue weighted by atomic mass is 35.5. The van der Waals surface area contributed by atoms with Crippen molar-refractivity contribution in [2.75, 3.05) is 14.2 Å². The quantitative estimate of drug-likeness (QED) is 0.280. The number of benzene rings is 2. The van der Waals surface area contributed by atoms with Crippen molar-refractivity contribution < 1.29 is 23.6 Å². The Kier molecular flexibility index (Phi) is 7.73. The number of carbonyl (C=O) groups is 2. The van der Waals surface area contributed by atoms with Crippen LogP contribution in [0.3, 0.4) is 0 Å². The van der Waals surface area contributed by atoms with Crippen LogP contribution < -0.4 is 0 Å². The topological polar surface area (TPSA) is 69.7 Å². The van der Waals surface area contributed by atoms with Crippen molar-refractivity contribution >= 4 is 64.6 Å². The molecule has 1 aliphatic rings. The van der Waals surface area contributed by atoms with Crippen LogP contribution in [0.4, 0.5) is 0 Å². The van der Waals surface area contributed by atoms with Crippen LogP contribution in [0, 0.1) is 0 Å². The molecule has 2 aromatic carbocycles. The molecular weight excluding hydrogens is 517 g/mol. The fraction of sp³-hybridized carbons (Fsp3) is 0.182. The highest BCUT2D eigenvalue weighted by Crippen LogP contribution is 2.63. The third-order valence-corrected chi connectivity index (χ3v) is 9.36. The minimum absolute atomic E-state index is 0.0588. The van der Waals surface area contributed by atoms with Gasteiger partial charge in [-0.2, -0.15) is 0 Å². The fourth-order valence-corrected chi connectivity index (χ4v) is 7.89. The lowest BCUT2D eigenvalue weighted by molar-refractivity contribution is -0.165. The van der Waals surface area contributed by atoms with Gasteiger partial charge in [-0.15, -0.1) is 0 Å². The van der Waals surface area contributed by atoms with Crippen LogP contribution in [0.2, 0.25) is 20.1 Å². The maximum Gasteiger partial charge on any atom is 0.233 e. The standard InChI is InChI=1S/C22H17Cl4O5P/c1-30-22(31-2)12-4-3-11-17(22)32(29,20(27)18-13(23)7-5-8-14(18)24)21(28)19-15(25)9-6-10-16(19)26/h3-12,17H,1-2H3. The summed E-state index contributed by atoms with van der Waals surface area (Å²) in [4.78, 5) is 27.7. The number of methoxy groups -OCH3 is 2. The Balaban J connectivity index is 2.35. The molecule has 0 saturated heterocycles. The summed E-state index contributed by atoms with van der Waals surface area (Å²) in [6.07, 6.45) is 6.01. The highest BCUT2D eigenvalue weighted by Gasteiger charge is 2.57. The van der Waals surface area contributed by atoms with Crippen LogP contribution in [0.1, 0.15) is 20.7 Å². The molecule has 0 aliphatic heterocycles. The van der Waals surface area contributed by atoms with E-state index in [-0.39, 0.29) is 31.2 Å². The second kappa shape index (κ2) is 9.82. The molecule has 0 spiro atoms. The number of hydrogen-bond acceptors (Lipinski definition) is 5. The zero-order valence-corrected chi connectivity index (χ0v) is 20.8. The van der Waals surface area contributed by atoms with E-state index in [1.54, 1.807) is 6.08 Å². The van der Waals surface area contributed by atoms with E-state index in [1.165, 1.54) is 68.8 Å². The summed E-state index contributed by atoms with van der Waals surface area (Å²) in [5.41, 5.74) is -3.97. The Morgan fingerprint density at radius 3 is 1.59 bits per heavy atom. The van der Waals surface area contributed by atoms with Gasteiger partial charge in [-0.1, -0.05) is 76.8 Å². The van der Waals surface area contributed by atoms with Crippen molar-refractivity contribution in [3.8, 4) is 0 Å². The smallest absolute Gasteiger partial charge is 0.233 e. The summed E-state index contributed by atoms with van der Waals surface area (Å²) in [6.45, 7) is 0. The van der Waals surface area contributed by atoms with Gasteiger partial charge in [0, 0.05) is 14.2 Å². The van der Waals surface area contributed by atoms with Crippen molar-refractivity contribution in [3.05, 3.63) is 91.9 Å². The molecule has 0 saturated carbocycles. The molecule has 0 amide bonds. The average Bonchev–Trinajstić information content (AvgIpc) is 2.78. The van der Waals surface area contributed by atoms with E-state index < -0.39 is 29.6 Å². The molecule has 0 heterocycles. The van der Waals surface area contributed by atoms with Crippen molar-refractivity contribution in [1.29, 1.82) is 0 Å². The number of ether oxygens (including phenoxy) is 2. The van der Waals surface area contributed by atoms with Gasteiger partial charge in [-0.05, 0) is 30.3 Å². The van der Waals surface area contributed by atoms with Crippen LogP contribution in [0.5, 0.6) is 0 Å². The largest absolute Gasteiger partial charge is 0.349 e. The lowest BCUT2D eigenvalue weighted by Gasteiger charge is -2.38. The van der Waals surface area contributed by atoms with Crippen LogP contribution >= 0.6 is 53.5 Å². The predicted molar refractivity (Wildman–Crippen MR) is 128 cm³/mol. The monoisotopic (exact) mass is 532 g/mol. The summed E-state index contributed by atoms with van der Waals surface area (Å²) in [6, 6.07) is 8.69. The summed E-state index contributed by atoms with van der Waals surface area (Å²) < 4.78 is 25.8. The molecule has 168 valence electrons. The van der Waals surface area contributed by atoms with Gasteiger partial charge in [0.2, 0.25) is 24.0 Å². The molecule has 0 N–H and O–H groups in total. The first-order valence-corrected chi connectivity index (χ1v) is 12.5. The van der Waals surface area contributed by atoms with Gasteiger partial charge < -0.3 is 14.0 Å². The molecule has 3 rings (SSSR count). The van der Waals surface area contributed by atoms with Gasteiger partial charge in [-0.3, -0.25) is 9.59 Å². The lowest BCUT2D eigenvalue weighted by atomic mass is 10.1. The summed E-state index contributed by atoms with van der Waals surface area (Å²) >= 11 is 24.9. The predicted octanol–water partition coefficient (Wildman–Crippen LogP) is 7.13. The fourth-order valence-electron chi connectivity index (χ4n) is 3.51. The molecule has 32 heavy (non-hydrogen) atoms. The zero-order valence-electron chi connectivity index (χ0n) is 16.9. The molecule has 1 unspecified atom stereocenters. The molecule has 0 aromatic heterocycles. The van der Waals surface area contributed by atoms with Gasteiger partial charge >= 0.3 is 0 Å². The minimum atomic E-state index is -4.69. The van der Waals surface area contributed by atoms with Crippen LogP contribution in [0.25, 0.3) is 0 Å². The number of hydrogen-bond donors (Lipinski definition) is 0. The molecule has 0 radical (unpaired) electrons. The van der Waals surface area contributed by atoms with E-state index in [1.807, 2.05) is 0 Å². The first-order chi connectivity index (χ1) is 15.1. The zero-order chi connectivity index (χ0) is 23.7. The number of rotatable bonds is 7. The van der Waals surface area contributed by atoms with Gasteiger partial charge in [0.05, 0.1) is 31.2 Å². The summed E-state index contributed by atoms with van der Waals surface area (Å²) in [7, 11) is -2.07. The molecule has 1 atom stereocenters. The third kappa shape index (κ3) is 4.12. The average molecular weight is 534 g/mol.